The van der Waals surface area contributed by atoms with Crippen molar-refractivity contribution in [1.29, 1.82) is 0 Å². The van der Waals surface area contributed by atoms with Crippen molar-refractivity contribution in [3.8, 4) is 0 Å². The topological polar surface area (TPSA) is 210 Å². The first-order valence-electron chi connectivity index (χ1n) is 21.4. The summed E-state index contributed by atoms with van der Waals surface area (Å²) in [6.45, 7) is 19.8. The van der Waals surface area contributed by atoms with Crippen molar-refractivity contribution < 1.29 is 38.4 Å². The van der Waals surface area contributed by atoms with Gasteiger partial charge in [0.2, 0.25) is 12.1 Å². The summed E-state index contributed by atoms with van der Waals surface area (Å²) in [5, 5.41) is 42.1. The van der Waals surface area contributed by atoms with Gasteiger partial charge < -0.3 is 18.9 Å². The minimum atomic E-state index is -1.28. The number of nitro groups is 2. The average molecular weight is 842 g/mol. The third-order valence-electron chi connectivity index (χ3n) is 10.8. The number of azo groups is 2. The molecule has 9 unspecified atom stereocenters. The number of ether oxygens (including phenoxy) is 4. The molecule has 0 aromatic rings. The first-order valence-corrected chi connectivity index (χ1v) is 21.4. The molecular formula is C43H67N7O10. The van der Waals surface area contributed by atoms with Crippen molar-refractivity contribution in [1.82, 2.24) is 4.90 Å². The van der Waals surface area contributed by atoms with Gasteiger partial charge in [0.25, 0.3) is 0 Å². The molecule has 9 atom stereocenters. The van der Waals surface area contributed by atoms with Crippen molar-refractivity contribution in [3.05, 3.63) is 81.7 Å². The van der Waals surface area contributed by atoms with E-state index in [2.05, 4.69) is 69.0 Å². The van der Waals surface area contributed by atoms with Gasteiger partial charge in [-0.15, -0.1) is 0 Å². The Morgan fingerprint density at radius 3 is 1.92 bits per heavy atom. The molecule has 0 aromatic carbocycles. The summed E-state index contributed by atoms with van der Waals surface area (Å²) in [5.74, 6) is 0.784. The molecule has 0 radical (unpaired) electrons. The molecule has 17 heteroatoms. The maximum absolute atomic E-state index is 12.0. The lowest BCUT2D eigenvalue weighted by Gasteiger charge is -2.35. The molecule has 0 aromatic heterocycles. The van der Waals surface area contributed by atoms with E-state index in [1.54, 1.807) is 0 Å². The van der Waals surface area contributed by atoms with Crippen LogP contribution in [0.3, 0.4) is 0 Å². The van der Waals surface area contributed by atoms with Gasteiger partial charge >= 0.3 is 11.9 Å². The lowest BCUT2D eigenvalue weighted by molar-refractivity contribution is -0.556. The van der Waals surface area contributed by atoms with Crippen molar-refractivity contribution in [2.24, 2.45) is 38.2 Å². The minimum Gasteiger partial charge on any atom is -0.496 e. The fourth-order valence-electron chi connectivity index (χ4n) is 7.29. The lowest BCUT2D eigenvalue weighted by Crippen LogP contribution is -2.42. The molecule has 0 aliphatic heterocycles. The highest BCUT2D eigenvalue weighted by molar-refractivity contribution is 5.81. The predicted molar refractivity (Wildman–Crippen MR) is 227 cm³/mol. The highest BCUT2D eigenvalue weighted by atomic mass is 16.6. The Kier molecular flexibility index (Phi) is 22.0. The maximum atomic E-state index is 12.0. The monoisotopic (exact) mass is 841 g/mol. The molecule has 0 saturated carbocycles. The van der Waals surface area contributed by atoms with Crippen LogP contribution in [0.1, 0.15) is 92.4 Å². The van der Waals surface area contributed by atoms with Crippen LogP contribution in [0.5, 0.6) is 0 Å². The summed E-state index contributed by atoms with van der Waals surface area (Å²) in [4.78, 5) is 47.8. The summed E-state index contributed by atoms with van der Waals surface area (Å²) in [7, 11) is 0. The molecule has 0 heterocycles. The van der Waals surface area contributed by atoms with Gasteiger partial charge in [-0.1, -0.05) is 79.2 Å². The summed E-state index contributed by atoms with van der Waals surface area (Å²) in [6.07, 6.45) is 17.1. The molecule has 0 spiro atoms. The fraction of sp³-hybridized carbons (Fsp3) is 0.721. The number of hydrogen-bond acceptors (Lipinski definition) is 15. The molecule has 60 heavy (non-hydrogen) atoms. The molecule has 0 N–H and O–H groups in total. The SMILES string of the molecule is C=CC(=O)OCCN(CCOC(=O)C=C)C1C=CC(/N=N/C2CC(OCCCCC(C)C)C(/N=N/C3C=CC([N+](=O)[O-])CC3[N+](=O)[O-])C=C2OCCCCC(C)C)C(C)C1. The van der Waals surface area contributed by atoms with Crippen LogP contribution in [0.2, 0.25) is 0 Å². The molecule has 3 rings (SSSR count). The van der Waals surface area contributed by atoms with E-state index in [1.165, 1.54) is 12.2 Å². The highest BCUT2D eigenvalue weighted by Gasteiger charge is 2.41. The van der Waals surface area contributed by atoms with E-state index >= 15 is 0 Å². The van der Waals surface area contributed by atoms with Gasteiger partial charge in [-0.2, -0.15) is 20.5 Å². The van der Waals surface area contributed by atoms with Crippen molar-refractivity contribution in [2.75, 3.05) is 39.5 Å². The van der Waals surface area contributed by atoms with Gasteiger partial charge in [-0.05, 0) is 61.7 Å². The number of unbranched alkanes of at least 4 members (excludes halogenated alkanes) is 2. The molecular weight excluding hydrogens is 775 g/mol. The standard InChI is InChI=1S/C43H67N7O10/c1-8-42(51)59-24-20-48(21-25-60-43(52)9-2)33-16-18-35(32(7)26-33)44-46-37-28-41(58-23-13-11-15-31(5)6)38(29-40(37)57-22-12-10-14-30(3)4)47-45-36-19-17-34(49(53)54)27-39(36)50(55)56/h8-9,16-19,29-39,41H,1-2,10-15,20-28H2,3-7H3/b46-44+,47-45+. The number of carbonyl (C=O) groups is 2. The van der Waals surface area contributed by atoms with E-state index in [4.69, 9.17) is 29.2 Å². The second-order valence-corrected chi connectivity index (χ2v) is 16.6. The molecule has 17 nitrogen and oxygen atoms in total. The van der Waals surface area contributed by atoms with Gasteiger partial charge in [-0.25, -0.2) is 9.59 Å². The average Bonchev–Trinajstić information content (AvgIpc) is 3.21. The van der Waals surface area contributed by atoms with E-state index in [0.29, 0.717) is 50.3 Å². The van der Waals surface area contributed by atoms with Gasteiger partial charge in [0.1, 0.15) is 31.1 Å². The quantitative estimate of drug-likeness (QED) is 0.0149. The van der Waals surface area contributed by atoms with Crippen LogP contribution in [0.25, 0.3) is 0 Å². The molecule has 0 fully saturated rings. The summed E-state index contributed by atoms with van der Waals surface area (Å²) in [5.41, 5.74) is 0. The molecule has 0 bridgehead atoms. The Morgan fingerprint density at radius 2 is 1.35 bits per heavy atom. The zero-order valence-corrected chi connectivity index (χ0v) is 36.1. The Hall–Kier alpha value is -4.64. The Labute approximate surface area is 354 Å². The third kappa shape index (κ3) is 17.5. The van der Waals surface area contributed by atoms with Gasteiger partial charge in [-0.3, -0.25) is 25.1 Å². The van der Waals surface area contributed by atoms with Crippen molar-refractivity contribution >= 4 is 11.9 Å². The van der Waals surface area contributed by atoms with Crippen LogP contribution in [0.4, 0.5) is 0 Å². The smallest absolute Gasteiger partial charge is 0.330 e. The minimum absolute atomic E-state index is 0.0328. The zero-order valence-electron chi connectivity index (χ0n) is 36.1. The van der Waals surface area contributed by atoms with Crippen LogP contribution in [0, 0.1) is 38.0 Å². The van der Waals surface area contributed by atoms with Crippen LogP contribution < -0.4 is 0 Å². The first-order chi connectivity index (χ1) is 28.7. The van der Waals surface area contributed by atoms with E-state index in [0.717, 1.165) is 57.1 Å². The van der Waals surface area contributed by atoms with Crippen molar-refractivity contribution in [3.63, 3.8) is 0 Å². The van der Waals surface area contributed by atoms with E-state index in [1.807, 2.05) is 12.2 Å². The second-order valence-electron chi connectivity index (χ2n) is 16.6. The fourth-order valence-corrected chi connectivity index (χ4v) is 7.29. The van der Waals surface area contributed by atoms with Crippen LogP contribution in [-0.2, 0) is 28.5 Å². The number of carbonyl (C=O) groups excluding carboxylic acids is 2. The van der Waals surface area contributed by atoms with Crippen LogP contribution in [-0.4, -0.2) is 115 Å². The van der Waals surface area contributed by atoms with Crippen molar-refractivity contribution in [2.45, 2.75) is 141 Å². The first kappa shape index (κ1) is 49.7. The number of rotatable bonds is 27. The number of hydrogen-bond donors (Lipinski definition) is 0. The van der Waals surface area contributed by atoms with Gasteiger partial charge in [0.05, 0.1) is 25.2 Å². The Bertz CT molecular complexity index is 1540. The molecule has 3 aliphatic carbocycles. The lowest BCUT2D eigenvalue weighted by atomic mass is 9.88. The summed E-state index contributed by atoms with van der Waals surface area (Å²) < 4.78 is 23.3. The molecule has 0 saturated heterocycles. The van der Waals surface area contributed by atoms with E-state index < -0.39 is 58.1 Å². The second kappa shape index (κ2) is 26.5. The summed E-state index contributed by atoms with van der Waals surface area (Å²) in [6, 6.07) is -4.76. The number of nitrogens with zero attached hydrogens (tertiary/aromatic N) is 7. The zero-order chi connectivity index (χ0) is 44.0. The van der Waals surface area contributed by atoms with Gasteiger partial charge in [0.15, 0.2) is 6.04 Å². The van der Waals surface area contributed by atoms with E-state index in [9.17, 15) is 29.8 Å². The molecule has 0 amide bonds. The Balaban J connectivity index is 1.88. The summed E-state index contributed by atoms with van der Waals surface area (Å²) >= 11 is 0. The predicted octanol–water partition coefficient (Wildman–Crippen LogP) is 7.68. The number of esters is 2. The van der Waals surface area contributed by atoms with Crippen LogP contribution in [0.15, 0.2) is 81.9 Å². The third-order valence-corrected chi connectivity index (χ3v) is 10.8. The Morgan fingerprint density at radius 1 is 0.767 bits per heavy atom. The largest absolute Gasteiger partial charge is 0.496 e. The van der Waals surface area contributed by atoms with Crippen LogP contribution >= 0.6 is 0 Å². The van der Waals surface area contributed by atoms with Gasteiger partial charge in [0, 0.05) is 54.2 Å². The molecule has 334 valence electrons. The normalized spacial score (nSPS) is 26.7. The molecule has 3 aliphatic rings. The van der Waals surface area contributed by atoms with E-state index in [-0.39, 0.29) is 37.6 Å². The highest BCUT2D eigenvalue weighted by Crippen LogP contribution is 2.31. The maximum Gasteiger partial charge on any atom is 0.330 e.